The van der Waals surface area contributed by atoms with Crippen LogP contribution in [0.15, 0.2) is 36.7 Å². The van der Waals surface area contributed by atoms with Gasteiger partial charge in [-0.15, -0.1) is 0 Å². The monoisotopic (exact) mass is 361 g/mol. The average molecular weight is 362 g/mol. The summed E-state index contributed by atoms with van der Waals surface area (Å²) in [7, 11) is 1.59. The van der Waals surface area contributed by atoms with Crippen molar-refractivity contribution in [1.29, 1.82) is 0 Å². The fourth-order valence-electron chi connectivity index (χ4n) is 2.71. The molecule has 0 unspecified atom stereocenters. The van der Waals surface area contributed by atoms with Crippen LogP contribution in [0.2, 0.25) is 5.02 Å². The van der Waals surface area contributed by atoms with Gasteiger partial charge in [0.25, 0.3) is 0 Å². The van der Waals surface area contributed by atoms with E-state index in [0.717, 1.165) is 5.56 Å². The highest BCUT2D eigenvalue weighted by atomic mass is 35.5. The van der Waals surface area contributed by atoms with E-state index in [0.29, 0.717) is 49.4 Å². The minimum atomic E-state index is -0.0920. The van der Waals surface area contributed by atoms with Gasteiger partial charge in [-0.05, 0) is 18.2 Å². The number of hydrogen-bond acceptors (Lipinski definition) is 5. The molecule has 3 rings (SSSR count). The second-order valence-electron chi connectivity index (χ2n) is 5.64. The molecular formula is C17H20ClN5O2. The van der Waals surface area contributed by atoms with Crippen molar-refractivity contribution in [1.82, 2.24) is 20.2 Å². The summed E-state index contributed by atoms with van der Waals surface area (Å²) >= 11 is 5.95. The molecule has 2 amide bonds. The number of piperazine rings is 1. The fourth-order valence-corrected chi connectivity index (χ4v) is 2.87. The highest BCUT2D eigenvalue weighted by molar-refractivity contribution is 6.30. The molecule has 1 aliphatic heterocycles. The summed E-state index contributed by atoms with van der Waals surface area (Å²) in [5.74, 6) is 1.37. The minimum absolute atomic E-state index is 0.0920. The summed E-state index contributed by atoms with van der Waals surface area (Å²) in [6.07, 6.45) is 3.45. The lowest BCUT2D eigenvalue weighted by Gasteiger charge is -2.34. The fraction of sp³-hybridized carbons (Fsp3) is 0.353. The number of halogens is 1. The molecule has 0 bridgehead atoms. The van der Waals surface area contributed by atoms with Crippen molar-refractivity contribution in [3.05, 3.63) is 47.2 Å². The number of amides is 2. The van der Waals surface area contributed by atoms with E-state index in [2.05, 4.69) is 20.2 Å². The highest BCUT2D eigenvalue weighted by Gasteiger charge is 2.22. The summed E-state index contributed by atoms with van der Waals surface area (Å²) in [6, 6.07) is 7.07. The predicted octanol–water partition coefficient (Wildman–Crippen LogP) is 2.17. The van der Waals surface area contributed by atoms with Gasteiger partial charge < -0.3 is 19.9 Å². The molecule has 1 aliphatic rings. The van der Waals surface area contributed by atoms with Crippen molar-refractivity contribution in [2.75, 3.05) is 38.2 Å². The van der Waals surface area contributed by atoms with Gasteiger partial charge in [0.15, 0.2) is 0 Å². The van der Waals surface area contributed by atoms with Crippen molar-refractivity contribution < 1.29 is 9.53 Å². The van der Waals surface area contributed by atoms with E-state index >= 15 is 0 Å². The van der Waals surface area contributed by atoms with E-state index in [9.17, 15) is 4.79 Å². The summed E-state index contributed by atoms with van der Waals surface area (Å²) < 4.78 is 5.30. The van der Waals surface area contributed by atoms with E-state index < -0.39 is 0 Å². The molecule has 0 radical (unpaired) electrons. The van der Waals surface area contributed by atoms with Gasteiger partial charge in [0.1, 0.15) is 5.75 Å². The molecule has 0 aliphatic carbocycles. The number of hydrogen-bond donors (Lipinski definition) is 1. The third-order valence-corrected chi connectivity index (χ3v) is 4.32. The van der Waals surface area contributed by atoms with Gasteiger partial charge in [-0.25, -0.2) is 14.8 Å². The molecule has 1 aromatic heterocycles. The SMILES string of the molecule is COc1cc(Cl)ccc1CNC(=O)N1CCN(c2ncccn2)CC1. The first-order chi connectivity index (χ1) is 12.2. The highest BCUT2D eigenvalue weighted by Crippen LogP contribution is 2.23. The number of rotatable bonds is 4. The molecule has 7 nitrogen and oxygen atoms in total. The van der Waals surface area contributed by atoms with E-state index in [4.69, 9.17) is 16.3 Å². The standard InChI is InChI=1S/C17H20ClN5O2/c1-25-15-11-14(18)4-3-13(15)12-21-17(24)23-9-7-22(8-10-23)16-19-5-2-6-20-16/h2-6,11H,7-10,12H2,1H3,(H,21,24). The van der Waals surface area contributed by atoms with Crippen LogP contribution in [-0.2, 0) is 6.54 Å². The smallest absolute Gasteiger partial charge is 0.317 e. The maximum Gasteiger partial charge on any atom is 0.317 e. The van der Waals surface area contributed by atoms with E-state index in [1.165, 1.54) is 0 Å². The van der Waals surface area contributed by atoms with Gasteiger partial charge in [-0.3, -0.25) is 0 Å². The summed E-state index contributed by atoms with van der Waals surface area (Å²) in [5, 5.41) is 3.53. The van der Waals surface area contributed by atoms with Crippen LogP contribution in [0.3, 0.4) is 0 Å². The number of anilines is 1. The lowest BCUT2D eigenvalue weighted by Crippen LogP contribution is -2.52. The van der Waals surface area contributed by atoms with E-state index in [1.54, 1.807) is 42.6 Å². The lowest BCUT2D eigenvalue weighted by molar-refractivity contribution is 0.193. The number of carbonyl (C=O) groups excluding carboxylic acids is 1. The van der Waals surface area contributed by atoms with Crippen molar-refractivity contribution >= 4 is 23.6 Å². The van der Waals surface area contributed by atoms with Gasteiger partial charge in [0.05, 0.1) is 7.11 Å². The topological polar surface area (TPSA) is 70.6 Å². The van der Waals surface area contributed by atoms with Gasteiger partial charge in [-0.2, -0.15) is 0 Å². The zero-order valence-electron chi connectivity index (χ0n) is 14.0. The minimum Gasteiger partial charge on any atom is -0.496 e. The van der Waals surface area contributed by atoms with Crippen LogP contribution in [0, 0.1) is 0 Å². The molecule has 0 saturated carbocycles. The van der Waals surface area contributed by atoms with Crippen molar-refractivity contribution in [3.63, 3.8) is 0 Å². The summed E-state index contributed by atoms with van der Waals surface area (Å²) in [4.78, 5) is 24.7. The van der Waals surface area contributed by atoms with Crippen molar-refractivity contribution in [2.45, 2.75) is 6.54 Å². The Balaban J connectivity index is 1.52. The molecule has 1 aromatic carbocycles. The molecule has 25 heavy (non-hydrogen) atoms. The van der Waals surface area contributed by atoms with Crippen molar-refractivity contribution in [2.24, 2.45) is 0 Å². The number of aromatic nitrogens is 2. The summed E-state index contributed by atoms with van der Waals surface area (Å²) in [6.45, 7) is 3.06. The Morgan fingerprint density at radius 3 is 2.64 bits per heavy atom. The second-order valence-corrected chi connectivity index (χ2v) is 6.07. The third-order valence-electron chi connectivity index (χ3n) is 4.08. The van der Waals surface area contributed by atoms with Crippen LogP contribution in [0.5, 0.6) is 5.75 Å². The largest absolute Gasteiger partial charge is 0.496 e. The maximum absolute atomic E-state index is 12.4. The third kappa shape index (κ3) is 4.30. The van der Waals surface area contributed by atoms with Crippen LogP contribution < -0.4 is 15.0 Å². The molecule has 132 valence electrons. The first-order valence-electron chi connectivity index (χ1n) is 8.04. The average Bonchev–Trinajstić information content (AvgIpc) is 2.67. The quantitative estimate of drug-likeness (QED) is 0.903. The lowest BCUT2D eigenvalue weighted by atomic mass is 10.2. The molecule has 8 heteroatoms. The van der Waals surface area contributed by atoms with Crippen LogP contribution in [0.1, 0.15) is 5.56 Å². The zero-order valence-corrected chi connectivity index (χ0v) is 14.7. The molecule has 1 fully saturated rings. The van der Waals surface area contributed by atoms with Gasteiger partial charge in [0.2, 0.25) is 5.95 Å². The number of nitrogens with zero attached hydrogens (tertiary/aromatic N) is 4. The number of methoxy groups -OCH3 is 1. The number of benzene rings is 1. The Labute approximate surface area is 151 Å². The first-order valence-corrected chi connectivity index (χ1v) is 8.42. The second kappa shape index (κ2) is 8.02. The Morgan fingerprint density at radius 1 is 1.24 bits per heavy atom. The molecule has 0 atom stereocenters. The Hall–Kier alpha value is -2.54. The number of ether oxygens (including phenoxy) is 1. The van der Waals surface area contributed by atoms with Crippen LogP contribution in [-0.4, -0.2) is 54.2 Å². The van der Waals surface area contributed by atoms with Crippen molar-refractivity contribution in [3.8, 4) is 5.75 Å². The zero-order chi connectivity index (χ0) is 17.6. The van der Waals surface area contributed by atoms with E-state index in [1.807, 2.05) is 6.07 Å². The van der Waals surface area contributed by atoms with Crippen LogP contribution in [0.4, 0.5) is 10.7 Å². The van der Waals surface area contributed by atoms with Gasteiger partial charge in [0, 0.05) is 55.7 Å². The van der Waals surface area contributed by atoms with E-state index in [-0.39, 0.29) is 6.03 Å². The number of nitrogens with one attached hydrogen (secondary N) is 1. The van der Waals surface area contributed by atoms with Crippen LogP contribution >= 0.6 is 11.6 Å². The van der Waals surface area contributed by atoms with Crippen LogP contribution in [0.25, 0.3) is 0 Å². The predicted molar refractivity (Wildman–Crippen MR) is 96.1 cm³/mol. The normalized spacial score (nSPS) is 14.3. The molecule has 2 heterocycles. The Kier molecular flexibility index (Phi) is 5.55. The molecule has 2 aromatic rings. The molecule has 0 spiro atoms. The molecular weight excluding hydrogens is 342 g/mol. The number of urea groups is 1. The maximum atomic E-state index is 12.4. The molecule has 1 N–H and O–H groups in total. The van der Waals surface area contributed by atoms with Gasteiger partial charge >= 0.3 is 6.03 Å². The Bertz CT molecular complexity index is 720. The molecule has 1 saturated heterocycles. The van der Waals surface area contributed by atoms with Gasteiger partial charge in [-0.1, -0.05) is 17.7 Å². The first kappa shape index (κ1) is 17.3. The Morgan fingerprint density at radius 2 is 1.96 bits per heavy atom. The summed E-state index contributed by atoms with van der Waals surface area (Å²) in [5.41, 5.74) is 0.886. The number of carbonyl (C=O) groups is 1.